The molecule has 6 heteroatoms. The first-order valence-corrected chi connectivity index (χ1v) is 7.25. The number of hydrogen-bond donors (Lipinski definition) is 2. The van der Waals surface area contributed by atoms with E-state index >= 15 is 0 Å². The van der Waals surface area contributed by atoms with Gasteiger partial charge >= 0.3 is 5.69 Å². The van der Waals surface area contributed by atoms with E-state index in [0.29, 0.717) is 11.4 Å². The third kappa shape index (κ3) is 3.60. The van der Waals surface area contributed by atoms with E-state index in [1.54, 1.807) is 12.1 Å². The van der Waals surface area contributed by atoms with Crippen LogP contribution in [0.5, 0.6) is 0 Å². The number of anilines is 2. The molecule has 0 atom stereocenters. The average Bonchev–Trinajstić information content (AvgIpc) is 2.46. The first-order chi connectivity index (χ1) is 9.72. The van der Waals surface area contributed by atoms with E-state index in [-0.39, 0.29) is 10.6 Å². The maximum Gasteiger partial charge on any atom is 0.316 e. The zero-order valence-corrected chi connectivity index (χ0v) is 11.9. The highest BCUT2D eigenvalue weighted by Crippen LogP contribution is 2.33. The van der Waals surface area contributed by atoms with Gasteiger partial charge in [-0.3, -0.25) is 10.1 Å². The Labute approximate surface area is 119 Å². The van der Waals surface area contributed by atoms with E-state index in [1.807, 2.05) is 13.0 Å². The van der Waals surface area contributed by atoms with Crippen LogP contribution >= 0.6 is 0 Å². The summed E-state index contributed by atoms with van der Waals surface area (Å²) in [7, 11) is 0. The van der Waals surface area contributed by atoms with E-state index in [9.17, 15) is 10.1 Å². The van der Waals surface area contributed by atoms with Crippen molar-refractivity contribution < 1.29 is 4.92 Å². The number of para-hydroxylation sites is 1. The number of rotatable bonds is 6. The van der Waals surface area contributed by atoms with Crippen LogP contribution in [-0.2, 0) is 0 Å². The summed E-state index contributed by atoms with van der Waals surface area (Å²) in [5, 5.41) is 16.5. The number of hydrazine groups is 1. The minimum atomic E-state index is -0.315. The van der Waals surface area contributed by atoms with Crippen molar-refractivity contribution in [2.45, 2.75) is 32.6 Å². The molecule has 0 saturated carbocycles. The lowest BCUT2D eigenvalue weighted by Crippen LogP contribution is -2.35. The highest BCUT2D eigenvalue weighted by atomic mass is 16.6. The quantitative estimate of drug-likeness (QED) is 0.617. The van der Waals surface area contributed by atoms with Crippen LogP contribution in [0.3, 0.4) is 0 Å². The zero-order chi connectivity index (χ0) is 14.4. The van der Waals surface area contributed by atoms with E-state index in [2.05, 4.69) is 15.8 Å². The molecule has 0 aromatic heterocycles. The molecule has 1 aromatic carbocycles. The van der Waals surface area contributed by atoms with Crippen LogP contribution in [0.25, 0.3) is 0 Å². The minimum Gasteiger partial charge on any atom is -0.379 e. The minimum absolute atomic E-state index is 0.131. The van der Waals surface area contributed by atoms with Crippen molar-refractivity contribution in [1.29, 1.82) is 0 Å². The van der Waals surface area contributed by atoms with Crippen LogP contribution in [-0.4, -0.2) is 29.6 Å². The highest BCUT2D eigenvalue weighted by Gasteiger charge is 2.21. The first-order valence-electron chi connectivity index (χ1n) is 7.25. The molecule has 1 fully saturated rings. The molecular weight excluding hydrogens is 256 g/mol. The number of hydrogen-bond acceptors (Lipinski definition) is 5. The first kappa shape index (κ1) is 14.6. The molecule has 1 aliphatic rings. The topological polar surface area (TPSA) is 70.4 Å². The lowest BCUT2D eigenvalue weighted by molar-refractivity contribution is -0.383. The van der Waals surface area contributed by atoms with E-state index in [0.717, 1.165) is 38.9 Å². The molecule has 0 radical (unpaired) electrons. The van der Waals surface area contributed by atoms with Crippen LogP contribution in [0.4, 0.5) is 17.1 Å². The lowest BCUT2D eigenvalue weighted by Gasteiger charge is -2.27. The van der Waals surface area contributed by atoms with Crippen molar-refractivity contribution in [1.82, 2.24) is 5.01 Å². The van der Waals surface area contributed by atoms with Gasteiger partial charge in [-0.1, -0.05) is 19.4 Å². The molecule has 0 unspecified atom stereocenters. The highest BCUT2D eigenvalue weighted by molar-refractivity contribution is 5.75. The Kier molecular flexibility index (Phi) is 5.17. The second kappa shape index (κ2) is 7.09. The molecule has 0 bridgehead atoms. The van der Waals surface area contributed by atoms with Crippen molar-refractivity contribution >= 4 is 17.1 Å². The van der Waals surface area contributed by atoms with Crippen molar-refractivity contribution in [2.24, 2.45) is 0 Å². The second-order valence-corrected chi connectivity index (χ2v) is 5.05. The summed E-state index contributed by atoms with van der Waals surface area (Å²) in [4.78, 5) is 11.0. The van der Waals surface area contributed by atoms with Crippen LogP contribution < -0.4 is 10.7 Å². The number of benzene rings is 1. The van der Waals surface area contributed by atoms with Gasteiger partial charge in [-0.25, -0.2) is 5.01 Å². The molecule has 6 nitrogen and oxygen atoms in total. The number of nitro groups is 1. The van der Waals surface area contributed by atoms with Crippen molar-refractivity contribution in [3.05, 3.63) is 28.3 Å². The Morgan fingerprint density at radius 1 is 1.25 bits per heavy atom. The number of nitrogens with one attached hydrogen (secondary N) is 2. The Bertz CT molecular complexity index is 458. The SMILES string of the molecule is CCCNc1cccc(NN2CCCCC2)c1[N+](=O)[O-]. The van der Waals surface area contributed by atoms with Gasteiger partial charge in [0.25, 0.3) is 0 Å². The summed E-state index contributed by atoms with van der Waals surface area (Å²) >= 11 is 0. The molecule has 0 aliphatic carbocycles. The Hall–Kier alpha value is -1.82. The van der Waals surface area contributed by atoms with Crippen LogP contribution in [0.2, 0.25) is 0 Å². The fraction of sp³-hybridized carbons (Fsp3) is 0.571. The van der Waals surface area contributed by atoms with Gasteiger partial charge < -0.3 is 10.7 Å². The van der Waals surface area contributed by atoms with Gasteiger partial charge in [-0.2, -0.15) is 0 Å². The van der Waals surface area contributed by atoms with E-state index in [1.165, 1.54) is 6.42 Å². The molecule has 1 saturated heterocycles. The fourth-order valence-corrected chi connectivity index (χ4v) is 2.41. The van der Waals surface area contributed by atoms with Crippen LogP contribution in [0.15, 0.2) is 18.2 Å². The van der Waals surface area contributed by atoms with Crippen molar-refractivity contribution in [3.63, 3.8) is 0 Å². The molecule has 0 amide bonds. The van der Waals surface area contributed by atoms with Gasteiger partial charge in [-0.05, 0) is 31.4 Å². The van der Waals surface area contributed by atoms with E-state index in [4.69, 9.17) is 0 Å². The predicted molar refractivity (Wildman–Crippen MR) is 80.9 cm³/mol. The van der Waals surface area contributed by atoms with Gasteiger partial charge in [0.05, 0.1) is 4.92 Å². The standard InChI is InChI=1S/C14H22N4O2/c1-2-9-15-12-7-6-8-13(14(12)18(19)20)16-17-10-4-3-5-11-17/h6-8,15-16H,2-5,9-11H2,1H3. The predicted octanol–water partition coefficient (Wildman–Crippen LogP) is 3.23. The van der Waals surface area contributed by atoms with Gasteiger partial charge in [0.2, 0.25) is 0 Å². The van der Waals surface area contributed by atoms with Crippen LogP contribution in [0.1, 0.15) is 32.6 Å². The maximum absolute atomic E-state index is 11.4. The van der Waals surface area contributed by atoms with Crippen molar-refractivity contribution in [3.8, 4) is 0 Å². The molecule has 1 heterocycles. The Morgan fingerprint density at radius 2 is 1.95 bits per heavy atom. The van der Waals surface area contributed by atoms with Gasteiger partial charge in [0.15, 0.2) is 0 Å². The Balaban J connectivity index is 2.19. The van der Waals surface area contributed by atoms with Gasteiger partial charge in [0.1, 0.15) is 11.4 Å². The largest absolute Gasteiger partial charge is 0.379 e. The number of nitrogens with zero attached hydrogens (tertiary/aromatic N) is 2. The van der Waals surface area contributed by atoms with Gasteiger partial charge in [-0.15, -0.1) is 0 Å². The molecule has 20 heavy (non-hydrogen) atoms. The fourth-order valence-electron chi connectivity index (χ4n) is 2.41. The molecule has 2 rings (SSSR count). The molecule has 110 valence electrons. The molecule has 2 N–H and O–H groups in total. The lowest BCUT2D eigenvalue weighted by atomic mass is 10.1. The molecular formula is C14H22N4O2. The molecule has 1 aromatic rings. The maximum atomic E-state index is 11.4. The summed E-state index contributed by atoms with van der Waals surface area (Å²) in [5.74, 6) is 0. The normalized spacial score (nSPS) is 15.8. The molecule has 0 spiro atoms. The van der Waals surface area contributed by atoms with Gasteiger partial charge in [0, 0.05) is 19.6 Å². The monoisotopic (exact) mass is 278 g/mol. The van der Waals surface area contributed by atoms with E-state index < -0.39 is 0 Å². The number of piperidine rings is 1. The molecule has 1 aliphatic heterocycles. The Morgan fingerprint density at radius 3 is 2.60 bits per heavy atom. The smallest absolute Gasteiger partial charge is 0.316 e. The second-order valence-electron chi connectivity index (χ2n) is 5.05. The van der Waals surface area contributed by atoms with Crippen molar-refractivity contribution in [2.75, 3.05) is 30.4 Å². The summed E-state index contributed by atoms with van der Waals surface area (Å²) in [6.45, 7) is 4.64. The summed E-state index contributed by atoms with van der Waals surface area (Å²) in [6, 6.07) is 5.37. The van der Waals surface area contributed by atoms with Crippen LogP contribution in [0, 0.1) is 10.1 Å². The summed E-state index contributed by atoms with van der Waals surface area (Å²) in [6.07, 6.45) is 4.43. The summed E-state index contributed by atoms with van der Waals surface area (Å²) in [5.41, 5.74) is 4.48. The zero-order valence-electron chi connectivity index (χ0n) is 11.9. The third-order valence-corrected chi connectivity index (χ3v) is 3.42. The average molecular weight is 278 g/mol. The summed E-state index contributed by atoms with van der Waals surface area (Å²) < 4.78 is 0. The third-order valence-electron chi connectivity index (χ3n) is 3.42. The number of nitro benzene ring substituents is 1.